The number of carbonyl (C=O) groups is 1. The molecule has 1 aliphatic rings. The highest BCUT2D eigenvalue weighted by molar-refractivity contribution is 5.92. The smallest absolute Gasteiger partial charge is 0.227 e. The second-order valence-electron chi connectivity index (χ2n) is 4.95. The maximum absolute atomic E-state index is 12.1. The van der Waals surface area contributed by atoms with Gasteiger partial charge in [0.1, 0.15) is 0 Å². The predicted molar refractivity (Wildman–Crippen MR) is 76.4 cm³/mol. The molecule has 1 aromatic carbocycles. The topological polar surface area (TPSA) is 29.1 Å². The van der Waals surface area contributed by atoms with Crippen LogP contribution >= 0.6 is 0 Å². The molecular weight excluding hydrogens is 222 g/mol. The number of rotatable bonds is 3. The Morgan fingerprint density at radius 2 is 2.06 bits per heavy atom. The van der Waals surface area contributed by atoms with Gasteiger partial charge in [-0.1, -0.05) is 43.5 Å². The molecule has 0 saturated heterocycles. The summed E-state index contributed by atoms with van der Waals surface area (Å²) in [5, 5.41) is 3.04. The number of allylic oxidation sites excluding steroid dienone is 1. The molecule has 1 N–H and O–H groups in total. The van der Waals surface area contributed by atoms with E-state index in [4.69, 9.17) is 0 Å². The molecule has 1 aromatic rings. The average Bonchev–Trinajstić information content (AvgIpc) is 2.40. The van der Waals surface area contributed by atoms with Gasteiger partial charge >= 0.3 is 0 Å². The third kappa shape index (κ3) is 3.46. The largest absolute Gasteiger partial charge is 0.326 e. The van der Waals surface area contributed by atoms with Crippen LogP contribution in [-0.2, 0) is 4.79 Å². The summed E-state index contributed by atoms with van der Waals surface area (Å²) >= 11 is 0. The maximum Gasteiger partial charge on any atom is 0.227 e. The van der Waals surface area contributed by atoms with Crippen LogP contribution in [0.4, 0.5) is 5.69 Å². The van der Waals surface area contributed by atoms with Crippen LogP contribution in [0.2, 0.25) is 0 Å². The van der Waals surface area contributed by atoms with Crippen molar-refractivity contribution in [1.29, 1.82) is 0 Å². The highest BCUT2D eigenvalue weighted by Gasteiger charge is 2.20. The molecule has 0 atom stereocenters. The van der Waals surface area contributed by atoms with Crippen LogP contribution in [-0.4, -0.2) is 5.91 Å². The first-order valence-corrected chi connectivity index (χ1v) is 6.83. The lowest BCUT2D eigenvalue weighted by Crippen LogP contribution is -2.24. The number of nitrogens with one attached hydrogen (secondary N) is 1. The second-order valence-corrected chi connectivity index (χ2v) is 4.95. The molecular formula is C16H21NO. The zero-order valence-electron chi connectivity index (χ0n) is 11.0. The normalized spacial score (nSPS) is 16.9. The molecule has 96 valence electrons. The number of amides is 1. The Bertz CT molecular complexity index is 430. The van der Waals surface area contributed by atoms with E-state index in [9.17, 15) is 4.79 Å². The van der Waals surface area contributed by atoms with Crippen molar-refractivity contribution in [1.82, 2.24) is 0 Å². The van der Waals surface area contributed by atoms with Gasteiger partial charge < -0.3 is 5.32 Å². The van der Waals surface area contributed by atoms with Crippen molar-refractivity contribution in [3.8, 4) is 0 Å². The van der Waals surface area contributed by atoms with Crippen molar-refractivity contribution < 1.29 is 4.79 Å². The summed E-state index contributed by atoms with van der Waals surface area (Å²) in [7, 11) is 0. The van der Waals surface area contributed by atoms with Crippen LogP contribution in [0, 0.1) is 5.92 Å². The van der Waals surface area contributed by atoms with Crippen molar-refractivity contribution in [3.63, 3.8) is 0 Å². The van der Waals surface area contributed by atoms with Gasteiger partial charge in [-0.3, -0.25) is 4.79 Å². The molecule has 2 heteroatoms. The van der Waals surface area contributed by atoms with Gasteiger partial charge in [-0.05, 0) is 37.5 Å². The van der Waals surface area contributed by atoms with E-state index in [2.05, 4.69) is 5.32 Å². The van der Waals surface area contributed by atoms with Crippen LogP contribution in [0.5, 0.6) is 0 Å². The standard InChI is InChI=1S/C16H21NO/c1-2-7-13-8-6-11-15(12-13)17-16(18)14-9-4-3-5-10-14/h2,6-8,11-12,14H,3-5,9-10H2,1H3,(H,17,18). The van der Waals surface area contributed by atoms with Gasteiger partial charge in [-0.15, -0.1) is 0 Å². The fourth-order valence-electron chi connectivity index (χ4n) is 2.52. The summed E-state index contributed by atoms with van der Waals surface area (Å²) in [6.45, 7) is 1.99. The SMILES string of the molecule is CC=Cc1cccc(NC(=O)C2CCCCC2)c1. The van der Waals surface area contributed by atoms with Crippen LogP contribution in [0.15, 0.2) is 30.3 Å². The second kappa shape index (κ2) is 6.39. The molecule has 1 aliphatic carbocycles. The van der Waals surface area contributed by atoms with Gasteiger partial charge in [0.15, 0.2) is 0 Å². The van der Waals surface area contributed by atoms with Crippen molar-refractivity contribution in [2.24, 2.45) is 5.92 Å². The van der Waals surface area contributed by atoms with E-state index in [1.165, 1.54) is 19.3 Å². The van der Waals surface area contributed by atoms with E-state index in [1.807, 2.05) is 43.3 Å². The minimum absolute atomic E-state index is 0.187. The number of carbonyl (C=O) groups excluding carboxylic acids is 1. The van der Waals surface area contributed by atoms with Crippen molar-refractivity contribution in [2.75, 3.05) is 5.32 Å². The van der Waals surface area contributed by atoms with Crippen molar-refractivity contribution in [3.05, 3.63) is 35.9 Å². The van der Waals surface area contributed by atoms with E-state index in [-0.39, 0.29) is 11.8 Å². The van der Waals surface area contributed by atoms with E-state index >= 15 is 0 Å². The zero-order chi connectivity index (χ0) is 12.8. The molecule has 0 bridgehead atoms. The highest BCUT2D eigenvalue weighted by atomic mass is 16.1. The molecule has 1 fully saturated rings. The molecule has 0 radical (unpaired) electrons. The first-order chi connectivity index (χ1) is 8.79. The molecule has 0 aromatic heterocycles. The van der Waals surface area contributed by atoms with Crippen molar-refractivity contribution >= 4 is 17.7 Å². The molecule has 2 nitrogen and oxygen atoms in total. The molecule has 0 spiro atoms. The molecule has 0 heterocycles. The number of anilines is 1. The van der Waals surface area contributed by atoms with Crippen LogP contribution < -0.4 is 5.32 Å². The lowest BCUT2D eigenvalue weighted by molar-refractivity contribution is -0.120. The van der Waals surface area contributed by atoms with Gasteiger partial charge in [-0.2, -0.15) is 0 Å². The summed E-state index contributed by atoms with van der Waals surface area (Å²) in [5.74, 6) is 0.399. The Kier molecular flexibility index (Phi) is 4.57. The Balaban J connectivity index is 1.99. The van der Waals surface area contributed by atoms with Crippen LogP contribution in [0.1, 0.15) is 44.6 Å². The Hall–Kier alpha value is -1.57. The molecule has 1 amide bonds. The van der Waals surface area contributed by atoms with Crippen LogP contribution in [0.25, 0.3) is 6.08 Å². The van der Waals surface area contributed by atoms with Gasteiger partial charge in [0, 0.05) is 11.6 Å². The molecule has 2 rings (SSSR count). The van der Waals surface area contributed by atoms with Gasteiger partial charge in [0.25, 0.3) is 0 Å². The summed E-state index contributed by atoms with van der Waals surface area (Å²) in [5.41, 5.74) is 2.03. The lowest BCUT2D eigenvalue weighted by Gasteiger charge is -2.20. The lowest BCUT2D eigenvalue weighted by atomic mass is 9.88. The number of hydrogen-bond acceptors (Lipinski definition) is 1. The zero-order valence-corrected chi connectivity index (χ0v) is 11.0. The predicted octanol–water partition coefficient (Wildman–Crippen LogP) is 4.24. The summed E-state index contributed by atoms with van der Waals surface area (Å²) in [6, 6.07) is 7.98. The van der Waals surface area contributed by atoms with Gasteiger partial charge in [0.2, 0.25) is 5.91 Å². The summed E-state index contributed by atoms with van der Waals surface area (Å²) < 4.78 is 0. The average molecular weight is 243 g/mol. The maximum atomic E-state index is 12.1. The Morgan fingerprint density at radius 1 is 1.28 bits per heavy atom. The van der Waals surface area contributed by atoms with Gasteiger partial charge in [0.05, 0.1) is 0 Å². The minimum Gasteiger partial charge on any atom is -0.326 e. The van der Waals surface area contributed by atoms with E-state index in [0.717, 1.165) is 24.1 Å². The summed E-state index contributed by atoms with van der Waals surface area (Å²) in [6.07, 6.45) is 9.78. The third-order valence-corrected chi connectivity index (χ3v) is 3.49. The minimum atomic E-state index is 0.187. The fraction of sp³-hybridized carbons (Fsp3) is 0.438. The first kappa shape index (κ1) is 12.9. The molecule has 1 saturated carbocycles. The number of hydrogen-bond donors (Lipinski definition) is 1. The first-order valence-electron chi connectivity index (χ1n) is 6.83. The quantitative estimate of drug-likeness (QED) is 0.845. The van der Waals surface area contributed by atoms with Gasteiger partial charge in [-0.25, -0.2) is 0 Å². The summed E-state index contributed by atoms with van der Waals surface area (Å²) in [4.78, 5) is 12.1. The third-order valence-electron chi connectivity index (χ3n) is 3.49. The molecule has 18 heavy (non-hydrogen) atoms. The number of benzene rings is 1. The van der Waals surface area contributed by atoms with E-state index in [1.54, 1.807) is 0 Å². The van der Waals surface area contributed by atoms with Crippen LogP contribution in [0.3, 0.4) is 0 Å². The molecule has 0 aliphatic heterocycles. The molecule has 0 unspecified atom stereocenters. The Morgan fingerprint density at radius 3 is 2.78 bits per heavy atom. The Labute approximate surface area is 109 Å². The van der Waals surface area contributed by atoms with Crippen molar-refractivity contribution in [2.45, 2.75) is 39.0 Å². The van der Waals surface area contributed by atoms with E-state index in [0.29, 0.717) is 0 Å². The van der Waals surface area contributed by atoms with E-state index < -0.39 is 0 Å². The fourth-order valence-corrected chi connectivity index (χ4v) is 2.52. The highest BCUT2D eigenvalue weighted by Crippen LogP contribution is 2.25. The monoisotopic (exact) mass is 243 g/mol.